The zero-order valence-electron chi connectivity index (χ0n) is 11.3. The van der Waals surface area contributed by atoms with Gasteiger partial charge >= 0.3 is 0 Å². The molecular weight excluding hydrogens is 318 g/mol. The van der Waals surface area contributed by atoms with E-state index in [1.165, 1.54) is 0 Å². The Hall–Kier alpha value is -0.270. The second-order valence-electron chi connectivity index (χ2n) is 4.86. The summed E-state index contributed by atoms with van der Waals surface area (Å²) in [5.41, 5.74) is 0.229. The van der Waals surface area contributed by atoms with Crippen molar-refractivity contribution in [3.05, 3.63) is 34.9 Å². The number of ether oxygens (including phenoxy) is 1. The number of hydrogen-bond acceptors (Lipinski definition) is 4. The molecule has 20 heavy (non-hydrogen) atoms. The fraction of sp³-hybridized carbons (Fsp3) is 0.538. The highest BCUT2D eigenvalue weighted by Gasteiger charge is 2.35. The van der Waals surface area contributed by atoms with Crippen LogP contribution in [0.4, 0.5) is 0 Å². The van der Waals surface area contributed by atoms with Crippen LogP contribution in [0.25, 0.3) is 0 Å². The summed E-state index contributed by atoms with van der Waals surface area (Å²) in [5, 5.41) is 0.468. The minimum Gasteiger partial charge on any atom is -0.376 e. The third-order valence-electron chi connectivity index (χ3n) is 3.42. The number of methoxy groups -OCH3 is 1. The molecule has 7 heteroatoms. The van der Waals surface area contributed by atoms with E-state index in [-0.39, 0.29) is 11.4 Å². The fourth-order valence-corrected chi connectivity index (χ4v) is 5.00. The first-order valence-electron chi connectivity index (χ1n) is 6.30. The van der Waals surface area contributed by atoms with E-state index >= 15 is 0 Å². The third kappa shape index (κ3) is 4.11. The molecule has 1 heterocycles. The highest BCUT2D eigenvalue weighted by molar-refractivity contribution is 7.99. The van der Waals surface area contributed by atoms with Crippen LogP contribution in [0.3, 0.4) is 0 Å². The first kappa shape index (κ1) is 16.1. The number of halogens is 1. The molecule has 0 radical (unpaired) electrons. The van der Waals surface area contributed by atoms with Gasteiger partial charge in [-0.1, -0.05) is 29.8 Å². The lowest BCUT2D eigenvalue weighted by atomic mass is 10.0. The van der Waals surface area contributed by atoms with Crippen LogP contribution in [-0.4, -0.2) is 39.2 Å². The van der Waals surface area contributed by atoms with Crippen LogP contribution in [0, 0.1) is 0 Å². The Bertz CT molecular complexity index is 556. The van der Waals surface area contributed by atoms with Crippen LogP contribution < -0.4 is 4.72 Å². The molecule has 0 aliphatic carbocycles. The summed E-state index contributed by atoms with van der Waals surface area (Å²) in [5.74, 6) is 1.71. The molecule has 0 aromatic heterocycles. The summed E-state index contributed by atoms with van der Waals surface area (Å²) in [7, 11) is -1.78. The van der Waals surface area contributed by atoms with Gasteiger partial charge in [0.1, 0.15) is 0 Å². The predicted molar refractivity (Wildman–Crippen MR) is 83.8 cm³/mol. The molecule has 4 nitrogen and oxygen atoms in total. The molecule has 2 rings (SSSR count). The van der Waals surface area contributed by atoms with E-state index < -0.39 is 10.0 Å². The largest absolute Gasteiger partial charge is 0.376 e. The lowest BCUT2D eigenvalue weighted by Crippen LogP contribution is -2.44. The molecule has 1 saturated heterocycles. The van der Waals surface area contributed by atoms with Crippen molar-refractivity contribution < 1.29 is 13.2 Å². The maximum Gasteiger partial charge on any atom is 0.215 e. The molecule has 1 aliphatic rings. The van der Waals surface area contributed by atoms with Crippen molar-refractivity contribution in [1.29, 1.82) is 0 Å². The lowest BCUT2D eigenvalue weighted by molar-refractivity contribution is 0.0179. The van der Waals surface area contributed by atoms with Gasteiger partial charge in [-0.2, -0.15) is 11.8 Å². The molecule has 0 saturated carbocycles. The van der Waals surface area contributed by atoms with E-state index in [9.17, 15) is 8.42 Å². The number of benzene rings is 1. The molecular formula is C13H18ClNO3S2. The van der Waals surface area contributed by atoms with Gasteiger partial charge in [0.2, 0.25) is 10.0 Å². The Labute approximate surface area is 129 Å². The average Bonchev–Trinajstić information content (AvgIpc) is 2.89. The van der Waals surface area contributed by atoms with Gasteiger partial charge in [-0.25, -0.2) is 13.1 Å². The molecule has 1 atom stereocenters. The molecule has 0 spiro atoms. The summed E-state index contributed by atoms with van der Waals surface area (Å²) < 4.78 is 32.4. The van der Waals surface area contributed by atoms with E-state index in [4.69, 9.17) is 16.3 Å². The Balaban J connectivity index is 1.99. The number of thioether (sulfide) groups is 1. The van der Waals surface area contributed by atoms with Crippen LogP contribution in [0.5, 0.6) is 0 Å². The average molecular weight is 336 g/mol. The molecule has 0 bridgehead atoms. The van der Waals surface area contributed by atoms with Gasteiger partial charge in [0, 0.05) is 24.4 Å². The first-order valence-corrected chi connectivity index (χ1v) is 9.48. The van der Waals surface area contributed by atoms with Gasteiger partial charge in [0.05, 0.1) is 11.4 Å². The number of nitrogens with one attached hydrogen (secondary N) is 1. The fourth-order valence-electron chi connectivity index (χ4n) is 2.07. The lowest BCUT2D eigenvalue weighted by Gasteiger charge is -2.26. The Morgan fingerprint density at radius 1 is 1.45 bits per heavy atom. The maximum absolute atomic E-state index is 12.1. The second-order valence-corrected chi connectivity index (χ2v) is 8.18. The van der Waals surface area contributed by atoms with Crippen molar-refractivity contribution in [3.63, 3.8) is 0 Å². The smallest absolute Gasteiger partial charge is 0.215 e. The monoisotopic (exact) mass is 335 g/mol. The van der Waals surface area contributed by atoms with Crippen LogP contribution in [0.2, 0.25) is 5.02 Å². The quantitative estimate of drug-likeness (QED) is 0.866. The highest BCUT2D eigenvalue weighted by Crippen LogP contribution is 2.30. The maximum atomic E-state index is 12.1. The Kier molecular flexibility index (Phi) is 5.36. The number of rotatable bonds is 6. The van der Waals surface area contributed by atoms with E-state index in [1.807, 2.05) is 0 Å². The zero-order chi connectivity index (χ0) is 14.6. The van der Waals surface area contributed by atoms with Gasteiger partial charge in [0.15, 0.2) is 0 Å². The Morgan fingerprint density at radius 2 is 2.20 bits per heavy atom. The zero-order valence-corrected chi connectivity index (χ0v) is 13.7. The standard InChI is InChI=1S/C13H18ClNO3S2/c1-18-13(6-7-19-10-13)9-15-20(16,17)8-11-4-2-3-5-12(11)14/h2-5,15H,6-10H2,1H3. The van der Waals surface area contributed by atoms with Gasteiger partial charge in [-0.3, -0.25) is 0 Å². The molecule has 112 valence electrons. The summed E-state index contributed by atoms with van der Waals surface area (Å²) in [6.45, 7) is 0.309. The predicted octanol–water partition coefficient (Wildman–Crippen LogP) is 2.28. The van der Waals surface area contributed by atoms with Crippen molar-refractivity contribution in [1.82, 2.24) is 4.72 Å². The molecule has 1 unspecified atom stereocenters. The van der Waals surface area contributed by atoms with Crippen LogP contribution in [0.15, 0.2) is 24.3 Å². The Morgan fingerprint density at radius 3 is 2.80 bits per heavy atom. The molecule has 0 amide bonds. The van der Waals surface area contributed by atoms with Crippen molar-refractivity contribution in [2.24, 2.45) is 0 Å². The second kappa shape index (κ2) is 6.66. The van der Waals surface area contributed by atoms with Gasteiger partial charge < -0.3 is 4.74 Å². The SMILES string of the molecule is COC1(CNS(=O)(=O)Cc2ccccc2Cl)CCSC1. The van der Waals surface area contributed by atoms with Gasteiger partial charge in [-0.05, 0) is 23.8 Å². The van der Waals surface area contributed by atoms with E-state index in [0.29, 0.717) is 17.1 Å². The van der Waals surface area contributed by atoms with E-state index in [2.05, 4.69) is 4.72 Å². The van der Waals surface area contributed by atoms with Crippen molar-refractivity contribution in [3.8, 4) is 0 Å². The molecule has 1 aromatic carbocycles. The van der Waals surface area contributed by atoms with Crippen molar-refractivity contribution in [2.75, 3.05) is 25.2 Å². The number of sulfonamides is 1. The van der Waals surface area contributed by atoms with Gasteiger partial charge in [-0.15, -0.1) is 0 Å². The molecule has 1 fully saturated rings. The van der Waals surface area contributed by atoms with Crippen molar-refractivity contribution in [2.45, 2.75) is 17.8 Å². The summed E-state index contributed by atoms with van der Waals surface area (Å²) >= 11 is 7.77. The first-order chi connectivity index (χ1) is 9.46. The van der Waals surface area contributed by atoms with Crippen LogP contribution >= 0.6 is 23.4 Å². The van der Waals surface area contributed by atoms with E-state index in [1.54, 1.807) is 43.1 Å². The van der Waals surface area contributed by atoms with Crippen molar-refractivity contribution >= 4 is 33.4 Å². The summed E-state index contributed by atoms with van der Waals surface area (Å²) in [6.07, 6.45) is 0.864. The third-order valence-corrected chi connectivity index (χ3v) is 6.28. The van der Waals surface area contributed by atoms with E-state index in [0.717, 1.165) is 17.9 Å². The topological polar surface area (TPSA) is 55.4 Å². The number of hydrogen-bond donors (Lipinski definition) is 1. The summed E-state index contributed by atoms with van der Waals surface area (Å²) in [6, 6.07) is 6.97. The molecule has 1 aliphatic heterocycles. The summed E-state index contributed by atoms with van der Waals surface area (Å²) in [4.78, 5) is 0. The minimum absolute atomic E-state index is 0.111. The molecule has 1 N–H and O–H groups in total. The van der Waals surface area contributed by atoms with Gasteiger partial charge in [0.25, 0.3) is 0 Å². The highest BCUT2D eigenvalue weighted by atomic mass is 35.5. The van der Waals surface area contributed by atoms with Crippen LogP contribution in [-0.2, 0) is 20.5 Å². The minimum atomic E-state index is -3.42. The molecule has 1 aromatic rings. The van der Waals surface area contributed by atoms with Crippen LogP contribution in [0.1, 0.15) is 12.0 Å². The normalized spacial score (nSPS) is 23.1.